The predicted octanol–water partition coefficient (Wildman–Crippen LogP) is 4.86. The number of aliphatic carboxylic acids is 1. The van der Waals surface area contributed by atoms with Crippen molar-refractivity contribution in [1.29, 1.82) is 5.41 Å². The van der Waals surface area contributed by atoms with E-state index in [-0.39, 0.29) is 34.7 Å². The molecule has 34 heavy (non-hydrogen) atoms. The van der Waals surface area contributed by atoms with Crippen molar-refractivity contribution in [2.45, 2.75) is 71.9 Å². The highest BCUT2D eigenvalue weighted by atomic mass is 16.5. The fourth-order valence-corrected chi connectivity index (χ4v) is 4.04. The molecule has 7 nitrogen and oxygen atoms in total. The first kappa shape index (κ1) is 25.3. The molecule has 2 aromatic rings. The summed E-state index contributed by atoms with van der Waals surface area (Å²) in [6.07, 6.45) is -1.00. The monoisotopic (exact) mass is 466 g/mol. The second-order valence-electron chi connectivity index (χ2n) is 11.0. The standard InChI is InChI=1S/C27H34N2O5/c1-15(25(32)33)34-18-9-8-16-13-29(24(28)19(16)12-18)14-22(30)17-10-20(26(2,3)4)23(31)21(11-17)27(5,6)7/h8-12,15,28,31H,13-14H2,1-7H3,(H,32,33). The number of Topliss-reactive ketones (excluding diaryl/α,β-unsaturated/α-hetero) is 1. The number of nitrogens with one attached hydrogen (secondary N) is 1. The Morgan fingerprint density at radius 2 is 1.62 bits per heavy atom. The number of rotatable bonds is 6. The average molecular weight is 467 g/mol. The maximum absolute atomic E-state index is 13.3. The predicted molar refractivity (Wildman–Crippen MR) is 131 cm³/mol. The topological polar surface area (TPSA) is 111 Å². The third-order valence-corrected chi connectivity index (χ3v) is 6.06. The number of nitrogens with zero attached hydrogens (tertiary/aromatic N) is 1. The van der Waals surface area contributed by atoms with Crippen LogP contribution in [-0.4, -0.2) is 45.3 Å². The number of benzene rings is 2. The van der Waals surface area contributed by atoms with E-state index in [0.717, 1.165) is 16.7 Å². The van der Waals surface area contributed by atoms with Gasteiger partial charge < -0.3 is 19.8 Å². The molecule has 7 heteroatoms. The SMILES string of the molecule is CC(Oc1ccc2c(c1)C(=N)N(CC(=O)c1cc(C(C)(C)C)c(O)c(C(C)(C)C)c1)C2)C(=O)O. The van der Waals surface area contributed by atoms with Crippen molar-refractivity contribution in [3.63, 3.8) is 0 Å². The molecular weight excluding hydrogens is 432 g/mol. The molecule has 182 valence electrons. The number of phenols is 1. The maximum atomic E-state index is 13.3. The summed E-state index contributed by atoms with van der Waals surface area (Å²) >= 11 is 0. The summed E-state index contributed by atoms with van der Waals surface area (Å²) in [7, 11) is 0. The Balaban J connectivity index is 1.87. The van der Waals surface area contributed by atoms with Crippen molar-refractivity contribution in [2.24, 2.45) is 0 Å². The molecule has 3 rings (SSSR count). The van der Waals surface area contributed by atoms with Gasteiger partial charge in [0.1, 0.15) is 17.3 Å². The number of carboxylic acids is 1. The van der Waals surface area contributed by atoms with Crippen LogP contribution in [0.25, 0.3) is 0 Å². The second-order valence-corrected chi connectivity index (χ2v) is 11.0. The van der Waals surface area contributed by atoms with E-state index in [1.807, 2.05) is 41.5 Å². The highest BCUT2D eigenvalue weighted by molar-refractivity contribution is 6.05. The summed E-state index contributed by atoms with van der Waals surface area (Å²) in [5, 5.41) is 28.6. The molecule has 0 spiro atoms. The van der Waals surface area contributed by atoms with Crippen LogP contribution in [-0.2, 0) is 22.2 Å². The Morgan fingerprint density at radius 3 is 2.12 bits per heavy atom. The molecule has 3 N–H and O–H groups in total. The van der Waals surface area contributed by atoms with Crippen LogP contribution in [0.2, 0.25) is 0 Å². The Kier molecular flexibility index (Phi) is 6.53. The molecule has 1 atom stereocenters. The van der Waals surface area contributed by atoms with Gasteiger partial charge in [0.05, 0.1) is 6.54 Å². The Labute approximate surface area is 200 Å². The van der Waals surface area contributed by atoms with Crippen LogP contribution in [0.1, 0.15) is 81.1 Å². The number of hydrogen-bond acceptors (Lipinski definition) is 5. The van der Waals surface area contributed by atoms with E-state index in [9.17, 15) is 14.7 Å². The van der Waals surface area contributed by atoms with E-state index in [1.54, 1.807) is 35.2 Å². The maximum Gasteiger partial charge on any atom is 0.344 e. The van der Waals surface area contributed by atoms with Crippen LogP contribution in [0.4, 0.5) is 0 Å². The van der Waals surface area contributed by atoms with Crippen LogP contribution < -0.4 is 4.74 Å². The number of carbonyl (C=O) groups excluding carboxylic acids is 1. The van der Waals surface area contributed by atoms with Crippen molar-refractivity contribution in [2.75, 3.05) is 6.54 Å². The highest BCUT2D eigenvalue weighted by Crippen LogP contribution is 2.40. The molecule has 0 fully saturated rings. The van der Waals surface area contributed by atoms with E-state index in [0.29, 0.717) is 23.4 Å². The summed E-state index contributed by atoms with van der Waals surface area (Å²) in [5.41, 5.74) is 2.76. The number of carboxylic acid groups (broad SMARTS) is 1. The van der Waals surface area contributed by atoms with Gasteiger partial charge in [-0.2, -0.15) is 0 Å². The Bertz CT molecular complexity index is 1120. The molecule has 0 bridgehead atoms. The summed E-state index contributed by atoms with van der Waals surface area (Å²) < 4.78 is 5.43. The van der Waals surface area contributed by atoms with Crippen molar-refractivity contribution in [3.8, 4) is 11.5 Å². The zero-order valence-electron chi connectivity index (χ0n) is 20.9. The van der Waals surface area contributed by atoms with E-state index in [1.165, 1.54) is 6.92 Å². The van der Waals surface area contributed by atoms with Gasteiger partial charge in [-0.1, -0.05) is 47.6 Å². The molecule has 0 saturated heterocycles. The van der Waals surface area contributed by atoms with Gasteiger partial charge in [-0.3, -0.25) is 10.2 Å². The Hall–Kier alpha value is -3.35. The highest BCUT2D eigenvalue weighted by Gasteiger charge is 2.30. The van der Waals surface area contributed by atoms with E-state index in [2.05, 4.69) is 0 Å². The molecule has 2 aromatic carbocycles. The fourth-order valence-electron chi connectivity index (χ4n) is 4.04. The minimum atomic E-state index is -1.07. The van der Waals surface area contributed by atoms with Crippen LogP contribution in [0.15, 0.2) is 30.3 Å². The summed E-state index contributed by atoms with van der Waals surface area (Å²) in [6, 6.07) is 8.66. The quantitative estimate of drug-likeness (QED) is 0.524. The summed E-state index contributed by atoms with van der Waals surface area (Å²) in [5.74, 6) is -0.413. The van der Waals surface area contributed by atoms with Gasteiger partial charge in [0.15, 0.2) is 11.9 Å². The van der Waals surface area contributed by atoms with Gasteiger partial charge in [-0.05, 0) is 47.6 Å². The lowest BCUT2D eigenvalue weighted by molar-refractivity contribution is -0.144. The zero-order chi connectivity index (χ0) is 25.6. The lowest BCUT2D eigenvalue weighted by Gasteiger charge is -2.28. The molecule has 1 aliphatic rings. The molecule has 0 aliphatic carbocycles. The second kappa shape index (κ2) is 8.78. The number of carbonyl (C=O) groups is 2. The summed E-state index contributed by atoms with van der Waals surface area (Å²) in [6.45, 7) is 13.9. The van der Waals surface area contributed by atoms with Crippen molar-refractivity contribution in [3.05, 3.63) is 58.1 Å². The minimum absolute atomic E-state index is 0.0210. The number of phenolic OH excluding ortho intramolecular Hbond substituents is 1. The van der Waals surface area contributed by atoms with E-state index >= 15 is 0 Å². The molecule has 0 saturated carbocycles. The van der Waals surface area contributed by atoms with E-state index in [4.69, 9.17) is 15.3 Å². The number of amidine groups is 1. The lowest BCUT2D eigenvalue weighted by Crippen LogP contribution is -2.30. The third-order valence-electron chi connectivity index (χ3n) is 6.06. The zero-order valence-corrected chi connectivity index (χ0v) is 20.9. The third kappa shape index (κ3) is 5.08. The smallest absolute Gasteiger partial charge is 0.344 e. The number of fused-ring (bicyclic) bond motifs is 1. The lowest BCUT2D eigenvalue weighted by atomic mass is 9.78. The Morgan fingerprint density at radius 1 is 1.06 bits per heavy atom. The van der Waals surface area contributed by atoms with Crippen molar-refractivity contribution in [1.82, 2.24) is 4.90 Å². The van der Waals surface area contributed by atoms with Crippen LogP contribution in [0.3, 0.4) is 0 Å². The molecule has 1 heterocycles. The number of ketones is 1. The largest absolute Gasteiger partial charge is 0.507 e. The number of ether oxygens (including phenoxy) is 1. The van der Waals surface area contributed by atoms with Crippen LogP contribution in [0, 0.1) is 5.41 Å². The van der Waals surface area contributed by atoms with Gasteiger partial charge >= 0.3 is 5.97 Å². The van der Waals surface area contributed by atoms with Gasteiger partial charge in [-0.25, -0.2) is 4.79 Å². The normalized spacial score (nSPS) is 14.7. The van der Waals surface area contributed by atoms with Gasteiger partial charge in [0.2, 0.25) is 0 Å². The first-order chi connectivity index (χ1) is 15.6. The van der Waals surface area contributed by atoms with E-state index < -0.39 is 12.1 Å². The molecule has 1 aliphatic heterocycles. The molecule has 0 aromatic heterocycles. The number of aromatic hydroxyl groups is 1. The summed E-state index contributed by atoms with van der Waals surface area (Å²) in [4.78, 5) is 26.1. The molecular formula is C27H34N2O5. The molecule has 1 unspecified atom stereocenters. The average Bonchev–Trinajstić information content (AvgIpc) is 3.01. The van der Waals surface area contributed by atoms with Gasteiger partial charge in [0, 0.05) is 28.8 Å². The minimum Gasteiger partial charge on any atom is -0.507 e. The first-order valence-corrected chi connectivity index (χ1v) is 11.4. The number of hydrogen-bond donors (Lipinski definition) is 3. The molecule has 0 amide bonds. The van der Waals surface area contributed by atoms with Crippen LogP contribution >= 0.6 is 0 Å². The fraction of sp³-hybridized carbons (Fsp3) is 0.444. The molecule has 0 radical (unpaired) electrons. The van der Waals surface area contributed by atoms with Crippen molar-refractivity contribution >= 4 is 17.6 Å². The van der Waals surface area contributed by atoms with Crippen LogP contribution in [0.5, 0.6) is 11.5 Å². The van der Waals surface area contributed by atoms with Gasteiger partial charge in [-0.15, -0.1) is 0 Å². The first-order valence-electron chi connectivity index (χ1n) is 11.4. The van der Waals surface area contributed by atoms with Gasteiger partial charge in [0.25, 0.3) is 0 Å². The van der Waals surface area contributed by atoms with Crippen molar-refractivity contribution < 1.29 is 24.5 Å².